The van der Waals surface area contributed by atoms with Crippen molar-refractivity contribution in [1.82, 2.24) is 4.90 Å². The molecule has 2 aromatic carbocycles. The molecule has 1 N–H and O–H groups in total. The first-order chi connectivity index (χ1) is 18.6. The topological polar surface area (TPSA) is 84.1 Å². The maximum absolute atomic E-state index is 13.5. The molecule has 0 saturated carbocycles. The van der Waals surface area contributed by atoms with E-state index in [0.29, 0.717) is 42.8 Å². The number of nitrogens with zero attached hydrogens (tertiary/aromatic N) is 3. The number of carboxylic acid groups (broad SMARTS) is 1. The number of allylic oxidation sites excluding steroid dienone is 4. The standard InChI is InChI=1S/C32H35N3O3.Ni/c1-2-3-6-20-28(32(37)38)33-30(25-16-9-5-10-17-25)26-18-11-12-19-27(26)34-31(36)29-21-13-22-35(29)23-24-14-7-4-8-15-24;/h1,4,7-9,11-12,14-19,28-29H,3,5-6,10,13,20-23H2,(H2,33,34,36,37,38);/q;+2/p-1/t28-,29+;/m0./s1. The van der Waals surface area contributed by atoms with Gasteiger partial charge in [-0.1, -0.05) is 72.8 Å². The van der Waals surface area contributed by atoms with Gasteiger partial charge >= 0.3 is 22.5 Å². The summed E-state index contributed by atoms with van der Waals surface area (Å²) in [6, 6.07) is 16.3. The second kappa shape index (κ2) is 15.2. The second-order valence-electron chi connectivity index (χ2n) is 9.65. The number of hydrogen-bond donors (Lipinski definition) is 1. The summed E-state index contributed by atoms with van der Waals surface area (Å²) >= 11 is 0. The Kier molecular flexibility index (Phi) is 11.7. The van der Waals surface area contributed by atoms with Gasteiger partial charge in [0.1, 0.15) is 6.04 Å². The van der Waals surface area contributed by atoms with Gasteiger partial charge in [-0.05, 0) is 61.8 Å². The number of benzene rings is 2. The zero-order valence-corrected chi connectivity index (χ0v) is 22.9. The molecule has 7 heteroatoms. The van der Waals surface area contributed by atoms with Crippen LogP contribution in [0.2, 0.25) is 0 Å². The van der Waals surface area contributed by atoms with Crippen molar-refractivity contribution < 1.29 is 31.2 Å². The van der Waals surface area contributed by atoms with E-state index < -0.39 is 12.0 Å². The minimum absolute atomic E-state index is 0. The van der Waals surface area contributed by atoms with Gasteiger partial charge in [-0.3, -0.25) is 9.89 Å². The third-order valence-corrected chi connectivity index (χ3v) is 6.90. The van der Waals surface area contributed by atoms with Gasteiger partial charge in [0.25, 0.3) is 0 Å². The van der Waals surface area contributed by atoms with Gasteiger partial charge in [0.05, 0.1) is 17.7 Å². The number of likely N-dealkylation sites (tertiary alicyclic amines) is 1. The van der Waals surface area contributed by atoms with E-state index in [1.807, 2.05) is 42.5 Å². The summed E-state index contributed by atoms with van der Waals surface area (Å²) in [5.41, 5.74) is 3.74. The summed E-state index contributed by atoms with van der Waals surface area (Å²) in [4.78, 5) is 32.5. The number of carboxylic acids is 1. The number of amides is 1. The molecule has 1 aliphatic carbocycles. The minimum Gasteiger partial charge on any atom is -0.625 e. The molecule has 1 heterocycles. The van der Waals surface area contributed by atoms with Crippen LogP contribution >= 0.6 is 0 Å². The quantitative estimate of drug-likeness (QED) is 0.152. The summed E-state index contributed by atoms with van der Waals surface area (Å²) in [5.74, 6) is 1.39. The number of carbonyl (C=O) groups is 2. The maximum atomic E-state index is 13.5. The molecule has 6 nitrogen and oxygen atoms in total. The molecule has 2 aromatic rings. The van der Waals surface area contributed by atoms with Gasteiger partial charge in [0.2, 0.25) is 0 Å². The van der Waals surface area contributed by atoms with Crippen LogP contribution in [0.4, 0.5) is 5.69 Å². The van der Waals surface area contributed by atoms with Crippen LogP contribution < -0.4 is 0 Å². The maximum Gasteiger partial charge on any atom is 2.00 e. The zero-order valence-electron chi connectivity index (χ0n) is 21.9. The first-order valence-electron chi connectivity index (χ1n) is 13.3. The van der Waals surface area contributed by atoms with Crippen LogP contribution in [0.1, 0.15) is 56.1 Å². The number of rotatable bonds is 11. The van der Waals surface area contributed by atoms with Crippen LogP contribution in [0.15, 0.2) is 83.4 Å². The molecule has 0 aromatic heterocycles. The molecule has 0 radical (unpaired) electrons. The molecular weight excluding hydrogens is 533 g/mol. The van der Waals surface area contributed by atoms with E-state index in [9.17, 15) is 14.7 Å². The predicted molar refractivity (Wildman–Crippen MR) is 151 cm³/mol. The zero-order chi connectivity index (χ0) is 26.7. The van der Waals surface area contributed by atoms with Crippen molar-refractivity contribution in [3.05, 3.63) is 94.8 Å². The Hall–Kier alpha value is -3.46. The van der Waals surface area contributed by atoms with E-state index in [0.717, 1.165) is 37.8 Å². The van der Waals surface area contributed by atoms with E-state index in [1.54, 1.807) is 6.07 Å². The summed E-state index contributed by atoms with van der Waals surface area (Å²) in [6.45, 7) is 1.56. The van der Waals surface area contributed by atoms with E-state index in [2.05, 4.69) is 40.4 Å². The summed E-state index contributed by atoms with van der Waals surface area (Å²) < 4.78 is 0. The van der Waals surface area contributed by atoms with E-state index in [4.69, 9.17) is 11.4 Å². The van der Waals surface area contributed by atoms with Crippen molar-refractivity contribution in [3.63, 3.8) is 0 Å². The van der Waals surface area contributed by atoms with Crippen molar-refractivity contribution in [2.45, 2.75) is 63.6 Å². The number of aliphatic carboxylic acids is 1. The fourth-order valence-electron chi connectivity index (χ4n) is 4.96. The average molecular weight is 567 g/mol. The monoisotopic (exact) mass is 566 g/mol. The summed E-state index contributed by atoms with van der Waals surface area (Å²) in [6.07, 6.45) is 16.4. The van der Waals surface area contributed by atoms with Crippen LogP contribution in [0.3, 0.4) is 0 Å². The molecule has 1 saturated heterocycles. The fourth-order valence-corrected chi connectivity index (χ4v) is 4.96. The fraction of sp³-hybridized carbons (Fsp3) is 0.344. The van der Waals surface area contributed by atoms with Gasteiger partial charge in [0, 0.05) is 13.0 Å². The molecule has 4 rings (SSSR count). The Morgan fingerprint density at radius 2 is 1.90 bits per heavy atom. The van der Waals surface area contributed by atoms with Crippen molar-refractivity contribution >= 4 is 23.3 Å². The van der Waals surface area contributed by atoms with Crippen molar-refractivity contribution in [3.8, 4) is 12.3 Å². The molecule has 204 valence electrons. The van der Waals surface area contributed by atoms with Gasteiger partial charge in [0.15, 0.2) is 0 Å². The summed E-state index contributed by atoms with van der Waals surface area (Å²) in [7, 11) is 0. The SMILES string of the molecule is C#CCCC[C@H](N=C(C1=CCCC=C1)c1ccccc1[N-]C(=O)[C@H]1CCCN1Cc1ccccc1)C(=O)O.[Ni+2]. The third kappa shape index (κ3) is 8.26. The Labute approximate surface area is 241 Å². The van der Waals surface area contributed by atoms with Crippen molar-refractivity contribution in [2.75, 3.05) is 6.54 Å². The Morgan fingerprint density at radius 1 is 1.13 bits per heavy atom. The predicted octanol–water partition coefficient (Wildman–Crippen LogP) is 6.20. The van der Waals surface area contributed by atoms with E-state index in [-0.39, 0.29) is 28.4 Å². The molecule has 0 spiro atoms. The number of aliphatic imine (C=N–C) groups is 1. The smallest absolute Gasteiger partial charge is 0.625 e. The minimum atomic E-state index is -0.993. The molecule has 1 amide bonds. The summed E-state index contributed by atoms with van der Waals surface area (Å²) in [5, 5.41) is 14.5. The average Bonchev–Trinajstić information content (AvgIpc) is 3.40. The van der Waals surface area contributed by atoms with Crippen LogP contribution in [0.5, 0.6) is 0 Å². The number of carbonyl (C=O) groups excluding carboxylic acids is 1. The molecule has 0 unspecified atom stereocenters. The molecular formula is C32H34N3NiO3+. The molecule has 1 fully saturated rings. The molecule has 2 atom stereocenters. The first kappa shape index (κ1) is 30.1. The van der Waals surface area contributed by atoms with Gasteiger partial charge in [-0.2, -0.15) is 0 Å². The molecule has 0 bridgehead atoms. The van der Waals surface area contributed by atoms with Crippen LogP contribution in [0, 0.1) is 12.3 Å². The Balaban J connectivity index is 0.00000420. The van der Waals surface area contributed by atoms with Gasteiger partial charge < -0.3 is 15.2 Å². The number of para-hydroxylation sites is 1. The van der Waals surface area contributed by atoms with Crippen LogP contribution in [-0.2, 0) is 32.6 Å². The number of unbranched alkanes of at least 4 members (excludes halogenated alkanes) is 1. The molecule has 39 heavy (non-hydrogen) atoms. The van der Waals surface area contributed by atoms with Crippen molar-refractivity contribution in [1.29, 1.82) is 0 Å². The molecule has 1 aliphatic heterocycles. The largest absolute Gasteiger partial charge is 2.00 e. The van der Waals surface area contributed by atoms with E-state index >= 15 is 0 Å². The Bertz CT molecular complexity index is 1260. The van der Waals surface area contributed by atoms with Crippen LogP contribution in [0.25, 0.3) is 5.32 Å². The number of hydrogen-bond acceptors (Lipinski definition) is 4. The van der Waals surface area contributed by atoms with Crippen LogP contribution in [-0.4, -0.2) is 46.2 Å². The normalized spacial score (nSPS) is 18.0. The second-order valence-corrected chi connectivity index (χ2v) is 9.65. The molecule has 2 aliphatic rings. The van der Waals surface area contributed by atoms with Gasteiger partial charge in [-0.15, -0.1) is 18.0 Å². The van der Waals surface area contributed by atoms with Crippen molar-refractivity contribution in [2.24, 2.45) is 4.99 Å². The van der Waals surface area contributed by atoms with Gasteiger partial charge in [-0.25, -0.2) is 4.79 Å². The first-order valence-corrected chi connectivity index (χ1v) is 13.3. The third-order valence-electron chi connectivity index (χ3n) is 6.90. The number of terminal acetylenes is 1. The van der Waals surface area contributed by atoms with E-state index in [1.165, 1.54) is 5.56 Å². The Morgan fingerprint density at radius 3 is 2.62 bits per heavy atom.